The summed E-state index contributed by atoms with van der Waals surface area (Å²) in [5.74, 6) is 0. The first-order chi connectivity index (χ1) is 13.0. The van der Waals surface area contributed by atoms with E-state index >= 15 is 0 Å². The van der Waals surface area contributed by atoms with Gasteiger partial charge in [0.15, 0.2) is 0 Å². The molecule has 0 amide bonds. The highest BCUT2D eigenvalue weighted by atomic mass is 16.6. The second kappa shape index (κ2) is 23.7. The topological polar surface area (TPSA) is 116 Å². The maximum atomic E-state index is 8.92. The third kappa shape index (κ3) is 28.0. The Hall–Kier alpha value is -0.360. The first-order valence-electron chi connectivity index (χ1n) is 9.33. The normalized spacial score (nSPS) is 14.3. The van der Waals surface area contributed by atoms with E-state index in [2.05, 4.69) is 0 Å². The Balaban J connectivity index is 0. The fraction of sp³-hybridized carbons (Fsp3) is 1.00. The molecule has 0 aliphatic rings. The molecular weight excluding hydrogens is 360 g/mol. The molecule has 0 heterocycles. The number of hydrogen-bond acceptors (Lipinski definition) is 9. The summed E-state index contributed by atoms with van der Waals surface area (Å²) in [6, 6.07) is 0. The van der Waals surface area contributed by atoms with Gasteiger partial charge in [-0.2, -0.15) is 0 Å². The average molecular weight is 401 g/mol. The zero-order valence-electron chi connectivity index (χ0n) is 17.3. The second-order valence-electron chi connectivity index (χ2n) is 5.87. The lowest BCUT2D eigenvalue weighted by Crippen LogP contribution is -2.24. The number of hydrogen-bond donors (Lipinski definition) is 3. The lowest BCUT2D eigenvalue weighted by molar-refractivity contribution is -0.0620. The number of aliphatic hydroxyl groups is 3. The van der Waals surface area contributed by atoms with Gasteiger partial charge in [0.25, 0.3) is 0 Å². The molecule has 0 aromatic carbocycles. The van der Waals surface area contributed by atoms with E-state index in [-0.39, 0.29) is 25.4 Å². The third-order valence-corrected chi connectivity index (χ3v) is 2.91. The Kier molecular flexibility index (Phi) is 25.3. The molecule has 9 heteroatoms. The minimum absolute atomic E-state index is 0.0170. The summed E-state index contributed by atoms with van der Waals surface area (Å²) in [5, 5.41) is 26.0. The predicted molar refractivity (Wildman–Crippen MR) is 101 cm³/mol. The second-order valence-corrected chi connectivity index (χ2v) is 5.87. The van der Waals surface area contributed by atoms with Crippen molar-refractivity contribution < 1.29 is 43.7 Å². The van der Waals surface area contributed by atoms with E-state index in [1.807, 2.05) is 6.92 Å². The largest absolute Gasteiger partial charge is 0.394 e. The van der Waals surface area contributed by atoms with Crippen molar-refractivity contribution in [2.75, 3.05) is 79.8 Å². The van der Waals surface area contributed by atoms with Crippen LogP contribution in [0.2, 0.25) is 0 Å². The van der Waals surface area contributed by atoms with Crippen LogP contribution >= 0.6 is 0 Å². The van der Waals surface area contributed by atoms with Gasteiger partial charge in [-0.05, 0) is 20.8 Å². The van der Waals surface area contributed by atoms with E-state index in [9.17, 15) is 0 Å². The van der Waals surface area contributed by atoms with Gasteiger partial charge < -0.3 is 43.7 Å². The molecule has 0 aliphatic carbocycles. The van der Waals surface area contributed by atoms with Crippen LogP contribution in [0.25, 0.3) is 0 Å². The summed E-state index contributed by atoms with van der Waals surface area (Å²) in [7, 11) is 1.64. The maximum absolute atomic E-state index is 8.92. The molecule has 3 atom stereocenters. The van der Waals surface area contributed by atoms with Crippen molar-refractivity contribution in [2.24, 2.45) is 0 Å². The Morgan fingerprint density at radius 1 is 0.667 bits per heavy atom. The van der Waals surface area contributed by atoms with Gasteiger partial charge >= 0.3 is 0 Å². The van der Waals surface area contributed by atoms with Crippen molar-refractivity contribution in [1.29, 1.82) is 0 Å². The quantitative estimate of drug-likeness (QED) is 0.270. The van der Waals surface area contributed by atoms with E-state index in [0.717, 1.165) is 0 Å². The molecule has 0 aliphatic heterocycles. The number of aliphatic hydroxyl groups excluding tert-OH is 3. The monoisotopic (exact) mass is 400 g/mol. The molecule has 0 bridgehead atoms. The van der Waals surface area contributed by atoms with E-state index < -0.39 is 6.10 Å². The van der Waals surface area contributed by atoms with E-state index in [1.165, 1.54) is 0 Å². The lowest BCUT2D eigenvalue weighted by Gasteiger charge is -2.16. The summed E-state index contributed by atoms with van der Waals surface area (Å²) in [5.41, 5.74) is 0. The van der Waals surface area contributed by atoms with Crippen molar-refractivity contribution in [3.8, 4) is 0 Å². The highest BCUT2D eigenvalue weighted by molar-refractivity contribution is 4.52. The fourth-order valence-electron chi connectivity index (χ4n) is 1.45. The van der Waals surface area contributed by atoms with Crippen LogP contribution in [-0.2, 0) is 28.4 Å². The summed E-state index contributed by atoms with van der Waals surface area (Å²) < 4.78 is 30.6. The molecule has 0 spiro atoms. The zero-order chi connectivity index (χ0) is 20.8. The van der Waals surface area contributed by atoms with Crippen molar-refractivity contribution in [2.45, 2.75) is 39.1 Å². The molecule has 0 aromatic heterocycles. The molecule has 166 valence electrons. The van der Waals surface area contributed by atoms with Crippen molar-refractivity contribution >= 4 is 0 Å². The molecular formula is C18H40O9. The van der Waals surface area contributed by atoms with Crippen molar-refractivity contribution in [3.05, 3.63) is 0 Å². The molecule has 0 aromatic rings. The third-order valence-electron chi connectivity index (χ3n) is 2.91. The number of ether oxygens (including phenoxy) is 6. The predicted octanol–water partition coefficient (Wildman–Crippen LogP) is -0.155. The number of methoxy groups -OCH3 is 1. The molecule has 0 rings (SSSR count). The summed E-state index contributed by atoms with van der Waals surface area (Å²) in [4.78, 5) is 0. The zero-order valence-corrected chi connectivity index (χ0v) is 17.3. The van der Waals surface area contributed by atoms with Gasteiger partial charge in [-0.25, -0.2) is 0 Å². The average Bonchev–Trinajstić information content (AvgIpc) is 2.66. The van der Waals surface area contributed by atoms with E-state index in [4.69, 9.17) is 43.7 Å². The Morgan fingerprint density at radius 2 is 1.15 bits per heavy atom. The number of rotatable bonds is 18. The highest BCUT2D eigenvalue weighted by Crippen LogP contribution is 1.97. The standard InChI is InChI=1S/C9H20O5.C9H20O4/c1-11-4-5-13-8-9-14-7-6-12-3-2-10;1-7(11)5-12-9(3)6-13-8(2)4-10/h10H,2-9H2,1H3;7-11H,4-6H2,1-3H3. The molecule has 9 nitrogen and oxygen atoms in total. The van der Waals surface area contributed by atoms with E-state index in [1.54, 1.807) is 21.0 Å². The SMILES string of the molecule is CC(O)COC(C)COC(C)CO.COCCOCCOCCOCCO. The summed E-state index contributed by atoms with van der Waals surface area (Å²) in [6.07, 6.45) is -0.654. The van der Waals surface area contributed by atoms with Crippen LogP contribution in [0.3, 0.4) is 0 Å². The molecule has 3 N–H and O–H groups in total. The van der Waals surface area contributed by atoms with Gasteiger partial charge in [0.1, 0.15) is 0 Å². The van der Waals surface area contributed by atoms with Crippen molar-refractivity contribution in [1.82, 2.24) is 0 Å². The molecule has 0 saturated carbocycles. The van der Waals surface area contributed by atoms with Gasteiger partial charge in [-0.3, -0.25) is 0 Å². The summed E-state index contributed by atoms with van der Waals surface area (Å²) >= 11 is 0. The van der Waals surface area contributed by atoms with Gasteiger partial charge in [0, 0.05) is 7.11 Å². The highest BCUT2D eigenvalue weighted by Gasteiger charge is 2.07. The van der Waals surface area contributed by atoms with Crippen LogP contribution < -0.4 is 0 Å². The van der Waals surface area contributed by atoms with Crippen LogP contribution in [0.5, 0.6) is 0 Å². The molecule has 0 saturated heterocycles. The summed E-state index contributed by atoms with van der Waals surface area (Å²) in [6.45, 7) is 9.92. The lowest BCUT2D eigenvalue weighted by atomic mass is 10.4. The van der Waals surface area contributed by atoms with Gasteiger partial charge in [0.2, 0.25) is 0 Å². The van der Waals surface area contributed by atoms with Crippen LogP contribution in [-0.4, -0.2) is 113 Å². The van der Waals surface area contributed by atoms with Gasteiger partial charge in [0.05, 0.1) is 91.0 Å². The van der Waals surface area contributed by atoms with Crippen LogP contribution in [0, 0.1) is 0 Å². The minimum atomic E-state index is -0.447. The molecule has 3 unspecified atom stereocenters. The smallest absolute Gasteiger partial charge is 0.0781 e. The van der Waals surface area contributed by atoms with Gasteiger partial charge in [-0.1, -0.05) is 0 Å². The van der Waals surface area contributed by atoms with Crippen molar-refractivity contribution in [3.63, 3.8) is 0 Å². The molecule has 0 fully saturated rings. The fourth-order valence-corrected chi connectivity index (χ4v) is 1.45. The van der Waals surface area contributed by atoms with E-state index in [0.29, 0.717) is 59.5 Å². The molecule has 27 heavy (non-hydrogen) atoms. The Bertz CT molecular complexity index is 255. The first kappa shape index (κ1) is 28.8. The van der Waals surface area contributed by atoms with Gasteiger partial charge in [-0.15, -0.1) is 0 Å². The van der Waals surface area contributed by atoms with Crippen LogP contribution in [0.15, 0.2) is 0 Å². The maximum Gasteiger partial charge on any atom is 0.0781 e. The Labute approximate surface area is 163 Å². The first-order valence-corrected chi connectivity index (χ1v) is 9.33. The van der Waals surface area contributed by atoms with Crippen LogP contribution in [0.4, 0.5) is 0 Å². The molecule has 0 radical (unpaired) electrons. The Morgan fingerprint density at radius 3 is 1.59 bits per heavy atom. The van der Waals surface area contributed by atoms with Crippen LogP contribution in [0.1, 0.15) is 20.8 Å². The minimum Gasteiger partial charge on any atom is -0.394 e.